The van der Waals surface area contributed by atoms with Crippen molar-refractivity contribution in [2.75, 3.05) is 13.1 Å². The zero-order chi connectivity index (χ0) is 13.2. The second-order valence-electron chi connectivity index (χ2n) is 4.82. The molecule has 1 heterocycles. The number of hydrogen-bond donors (Lipinski definition) is 4. The van der Waals surface area contributed by atoms with Crippen molar-refractivity contribution in [2.24, 2.45) is 0 Å². The third kappa shape index (κ3) is 2.45. The van der Waals surface area contributed by atoms with Crippen LogP contribution >= 0.6 is 0 Å². The van der Waals surface area contributed by atoms with Crippen LogP contribution in [-0.4, -0.2) is 47.6 Å². The van der Waals surface area contributed by atoms with Crippen LogP contribution in [0.1, 0.15) is 25.7 Å². The third-order valence-electron chi connectivity index (χ3n) is 3.56. The molecule has 18 heavy (non-hydrogen) atoms. The highest BCUT2D eigenvalue weighted by Crippen LogP contribution is 2.29. The summed E-state index contributed by atoms with van der Waals surface area (Å²) in [5.41, 5.74) is -1.12. The molecule has 0 spiro atoms. The van der Waals surface area contributed by atoms with Crippen molar-refractivity contribution in [1.29, 1.82) is 0 Å². The van der Waals surface area contributed by atoms with Crippen LogP contribution in [0.3, 0.4) is 0 Å². The highest BCUT2D eigenvalue weighted by Gasteiger charge is 2.43. The highest BCUT2D eigenvalue weighted by molar-refractivity contribution is 5.91. The molecule has 1 unspecified atom stereocenters. The second kappa shape index (κ2) is 4.93. The van der Waals surface area contributed by atoms with E-state index in [0.29, 0.717) is 12.8 Å². The normalized spacial score (nSPS) is 26.4. The van der Waals surface area contributed by atoms with Gasteiger partial charge in [-0.3, -0.25) is 14.9 Å². The fourth-order valence-electron chi connectivity index (χ4n) is 2.45. The van der Waals surface area contributed by atoms with Gasteiger partial charge in [0.15, 0.2) is 0 Å². The van der Waals surface area contributed by atoms with Crippen LogP contribution in [0.5, 0.6) is 0 Å². The van der Waals surface area contributed by atoms with Crippen molar-refractivity contribution in [3.63, 3.8) is 0 Å². The van der Waals surface area contributed by atoms with E-state index in [1.807, 2.05) is 0 Å². The molecule has 0 bridgehead atoms. The number of carboxylic acid groups (broad SMARTS) is 1. The molecule has 1 atom stereocenters. The van der Waals surface area contributed by atoms with Gasteiger partial charge in [-0.2, -0.15) is 0 Å². The van der Waals surface area contributed by atoms with Crippen LogP contribution < -0.4 is 16.0 Å². The first-order chi connectivity index (χ1) is 8.53. The Kier molecular flexibility index (Phi) is 3.51. The summed E-state index contributed by atoms with van der Waals surface area (Å²) in [4.78, 5) is 34.2. The predicted octanol–water partition coefficient (Wildman–Crippen LogP) is -1.41. The van der Waals surface area contributed by atoms with E-state index >= 15 is 0 Å². The Labute approximate surface area is 104 Å². The second-order valence-corrected chi connectivity index (χ2v) is 4.82. The minimum atomic E-state index is -1.12. The predicted molar refractivity (Wildman–Crippen MR) is 61.8 cm³/mol. The minimum absolute atomic E-state index is 0.0815. The van der Waals surface area contributed by atoms with Crippen molar-refractivity contribution >= 4 is 17.8 Å². The summed E-state index contributed by atoms with van der Waals surface area (Å²) in [6.45, 7) is 0.276. The Morgan fingerprint density at radius 3 is 2.50 bits per heavy atom. The van der Waals surface area contributed by atoms with Crippen molar-refractivity contribution in [2.45, 2.75) is 37.3 Å². The first-order valence-electron chi connectivity index (χ1n) is 6.09. The van der Waals surface area contributed by atoms with E-state index in [1.54, 1.807) is 0 Å². The van der Waals surface area contributed by atoms with Gasteiger partial charge in [-0.05, 0) is 12.8 Å². The van der Waals surface area contributed by atoms with E-state index in [9.17, 15) is 19.5 Å². The lowest BCUT2D eigenvalue weighted by atomic mass is 9.97. The van der Waals surface area contributed by atoms with Crippen LogP contribution in [0.2, 0.25) is 0 Å². The molecule has 4 N–H and O–H groups in total. The van der Waals surface area contributed by atoms with Crippen LogP contribution in [0, 0.1) is 0 Å². The van der Waals surface area contributed by atoms with E-state index in [4.69, 9.17) is 0 Å². The number of amides is 2. The first-order valence-corrected chi connectivity index (χ1v) is 6.09. The molecule has 0 aromatic carbocycles. The van der Waals surface area contributed by atoms with Crippen LogP contribution in [0.25, 0.3) is 0 Å². The zero-order valence-corrected chi connectivity index (χ0v) is 9.99. The largest absolute Gasteiger partial charge is 0.480 e. The maximum absolute atomic E-state index is 12.0. The van der Waals surface area contributed by atoms with Crippen LogP contribution in [0.4, 0.5) is 0 Å². The van der Waals surface area contributed by atoms with Gasteiger partial charge in [0, 0.05) is 6.54 Å². The van der Waals surface area contributed by atoms with Gasteiger partial charge in [0.25, 0.3) is 0 Å². The Morgan fingerprint density at radius 2 is 2.00 bits per heavy atom. The molecule has 1 saturated carbocycles. The zero-order valence-electron chi connectivity index (χ0n) is 9.99. The van der Waals surface area contributed by atoms with Gasteiger partial charge in [-0.15, -0.1) is 0 Å². The first kappa shape index (κ1) is 12.8. The van der Waals surface area contributed by atoms with E-state index in [0.717, 1.165) is 12.8 Å². The van der Waals surface area contributed by atoms with Crippen molar-refractivity contribution < 1.29 is 19.5 Å². The van der Waals surface area contributed by atoms with Crippen LogP contribution in [0.15, 0.2) is 0 Å². The number of aliphatic carboxylic acids is 1. The summed E-state index contributed by atoms with van der Waals surface area (Å²) >= 11 is 0. The number of carbonyl (C=O) groups is 3. The van der Waals surface area contributed by atoms with E-state index in [2.05, 4.69) is 16.0 Å². The van der Waals surface area contributed by atoms with E-state index in [-0.39, 0.29) is 24.9 Å². The average Bonchev–Trinajstić information content (AvgIpc) is 2.79. The molecule has 2 fully saturated rings. The smallest absolute Gasteiger partial charge is 0.329 e. The number of hydrogen-bond acceptors (Lipinski definition) is 4. The molecule has 1 aliphatic carbocycles. The number of rotatable bonds is 3. The fourth-order valence-corrected chi connectivity index (χ4v) is 2.45. The van der Waals surface area contributed by atoms with Gasteiger partial charge in [0.1, 0.15) is 11.6 Å². The lowest BCUT2D eigenvalue weighted by Gasteiger charge is -2.30. The molecule has 1 aliphatic heterocycles. The Hall–Kier alpha value is -1.63. The van der Waals surface area contributed by atoms with E-state index < -0.39 is 17.6 Å². The molecule has 100 valence electrons. The molecule has 7 nitrogen and oxygen atoms in total. The van der Waals surface area contributed by atoms with Crippen molar-refractivity contribution in [3.05, 3.63) is 0 Å². The lowest BCUT2D eigenvalue weighted by molar-refractivity contribution is -0.148. The summed E-state index contributed by atoms with van der Waals surface area (Å²) in [6, 6.07) is -0.556. The number of nitrogens with one attached hydrogen (secondary N) is 3. The minimum Gasteiger partial charge on any atom is -0.480 e. The molecule has 2 amide bonds. The topological polar surface area (TPSA) is 108 Å². The molecular formula is C11H17N3O4. The summed E-state index contributed by atoms with van der Waals surface area (Å²) in [5, 5.41) is 17.2. The molecule has 0 radical (unpaired) electrons. The number of carbonyl (C=O) groups excluding carboxylic acids is 2. The van der Waals surface area contributed by atoms with Gasteiger partial charge in [-0.25, -0.2) is 4.79 Å². The van der Waals surface area contributed by atoms with Gasteiger partial charge < -0.3 is 15.7 Å². The van der Waals surface area contributed by atoms with Gasteiger partial charge >= 0.3 is 5.97 Å². The SMILES string of the molecule is O=C1CNC(C(=O)NC2(C(=O)O)CCCC2)CN1. The highest BCUT2D eigenvalue weighted by atomic mass is 16.4. The quantitative estimate of drug-likeness (QED) is 0.495. The van der Waals surface area contributed by atoms with E-state index in [1.165, 1.54) is 0 Å². The molecule has 7 heteroatoms. The maximum atomic E-state index is 12.0. The standard InChI is InChI=1S/C11H17N3O4/c15-8-6-12-7(5-13-8)9(16)14-11(10(17)18)3-1-2-4-11/h7,12H,1-6H2,(H,13,15)(H,14,16)(H,17,18). The Bertz CT molecular complexity index is 366. The van der Waals surface area contributed by atoms with Gasteiger partial charge in [-0.1, -0.05) is 12.8 Å². The average molecular weight is 255 g/mol. The monoisotopic (exact) mass is 255 g/mol. The molecule has 2 aliphatic rings. The number of piperazine rings is 1. The molecular weight excluding hydrogens is 238 g/mol. The molecule has 2 rings (SSSR count). The van der Waals surface area contributed by atoms with Crippen molar-refractivity contribution in [1.82, 2.24) is 16.0 Å². The fraction of sp³-hybridized carbons (Fsp3) is 0.727. The Morgan fingerprint density at radius 1 is 1.33 bits per heavy atom. The Balaban J connectivity index is 1.97. The molecule has 0 aromatic heterocycles. The lowest BCUT2D eigenvalue weighted by Crippen LogP contribution is -2.62. The summed E-state index contributed by atoms with van der Waals surface area (Å²) in [7, 11) is 0. The van der Waals surface area contributed by atoms with Gasteiger partial charge in [0.2, 0.25) is 11.8 Å². The summed E-state index contributed by atoms with van der Waals surface area (Å²) < 4.78 is 0. The van der Waals surface area contributed by atoms with Crippen LogP contribution in [-0.2, 0) is 14.4 Å². The third-order valence-corrected chi connectivity index (χ3v) is 3.56. The number of carboxylic acids is 1. The molecule has 1 saturated heterocycles. The summed E-state index contributed by atoms with van der Waals surface area (Å²) in [6.07, 6.45) is 2.54. The maximum Gasteiger partial charge on any atom is 0.329 e. The summed E-state index contributed by atoms with van der Waals surface area (Å²) in [5.74, 6) is -1.50. The molecule has 0 aromatic rings. The van der Waals surface area contributed by atoms with Gasteiger partial charge in [0.05, 0.1) is 6.54 Å². The van der Waals surface area contributed by atoms with Crippen molar-refractivity contribution in [3.8, 4) is 0 Å².